The van der Waals surface area contributed by atoms with E-state index in [2.05, 4.69) is 10.6 Å². The van der Waals surface area contributed by atoms with Crippen molar-refractivity contribution in [2.75, 3.05) is 34.1 Å². The van der Waals surface area contributed by atoms with Crippen LogP contribution in [0.15, 0.2) is 42.0 Å². The third kappa shape index (κ3) is 19.2. The second-order valence-corrected chi connectivity index (χ2v) is 17.6. The van der Waals surface area contributed by atoms with Gasteiger partial charge in [-0.05, 0) is 57.7 Å². The minimum Gasteiger partial charge on any atom is -0.495 e. The molecule has 1 aromatic carbocycles. The standard InChI is InChI=1S/C27H37ClN2O7.C12H22N2O4S2.C2H6/c1-17(13-18-9-10-20(28)21(14-18)34-4)7-6-8-22(35-5)27(33)16-19(36-25(32)30-27)15-23-26(2,37-23)12-11-24(31)29-3;1-8(4-5-10(13)15)20-19-7-6-11(16)14(3)9(2)12(17)18;1-2/h6-10,14,19,22-23,33H,11-13,15-16H2,1-5H3,(H,29,31)(H,30,32);8-9H,4-7H2,1-3H3,(H2,13,15)(H,17,18);1-2H3/b8-6+,17-7+;;/t19-,22-,23+,26+,27+;8?,9-;/m10./s1. The van der Waals surface area contributed by atoms with E-state index in [-0.39, 0.29) is 30.2 Å². The highest BCUT2D eigenvalue weighted by Gasteiger charge is 2.55. The second kappa shape index (κ2) is 26.7. The molecular formula is C41H65ClN4O11S2. The van der Waals surface area contributed by atoms with Gasteiger partial charge in [-0.25, -0.2) is 9.59 Å². The monoisotopic (exact) mass is 888 g/mol. The van der Waals surface area contributed by atoms with Crippen molar-refractivity contribution in [1.29, 1.82) is 0 Å². The average Bonchev–Trinajstić information content (AvgIpc) is 3.84. The number of cyclic esters (lactones) is 1. The lowest BCUT2D eigenvalue weighted by Gasteiger charge is -2.40. The van der Waals surface area contributed by atoms with Crippen molar-refractivity contribution < 1.29 is 53.1 Å². The van der Waals surface area contributed by atoms with E-state index >= 15 is 0 Å². The summed E-state index contributed by atoms with van der Waals surface area (Å²) in [5.74, 6) is -0.314. The molecule has 0 aliphatic carbocycles. The smallest absolute Gasteiger partial charge is 0.409 e. The van der Waals surface area contributed by atoms with Crippen LogP contribution in [0.3, 0.4) is 0 Å². The molecule has 2 fully saturated rings. The van der Waals surface area contributed by atoms with E-state index in [9.17, 15) is 29.1 Å². The topological polar surface area (TPSA) is 219 Å². The fraction of sp³-hybridized carbons (Fsp3) is 0.634. The first-order valence-corrected chi connectivity index (χ1v) is 22.4. The van der Waals surface area contributed by atoms with Gasteiger partial charge in [-0.15, -0.1) is 0 Å². The third-order valence-electron chi connectivity index (χ3n) is 9.62. The number of hydrogen-bond donors (Lipinski definition) is 5. The van der Waals surface area contributed by atoms with Crippen LogP contribution in [0.4, 0.5) is 4.79 Å². The zero-order valence-electron chi connectivity index (χ0n) is 36.0. The molecule has 15 nitrogen and oxygen atoms in total. The van der Waals surface area contributed by atoms with Gasteiger partial charge in [-0.1, -0.05) is 83.8 Å². The number of nitrogens with two attached hydrogens (primary N) is 1. The number of aliphatic carboxylic acids is 1. The lowest BCUT2D eigenvalue weighted by atomic mass is 9.91. The van der Waals surface area contributed by atoms with Crippen molar-refractivity contribution in [2.24, 2.45) is 5.73 Å². The number of carbonyl (C=O) groups is 5. The Morgan fingerprint density at radius 3 is 2.46 bits per heavy atom. The van der Waals surface area contributed by atoms with Crippen molar-refractivity contribution in [3.05, 3.63) is 52.6 Å². The van der Waals surface area contributed by atoms with E-state index in [1.54, 1.807) is 54.0 Å². The zero-order chi connectivity index (χ0) is 44.9. The molecule has 0 bridgehead atoms. The van der Waals surface area contributed by atoms with Crippen LogP contribution in [0.2, 0.25) is 5.02 Å². The number of primary amides is 1. The molecule has 18 heteroatoms. The van der Waals surface area contributed by atoms with Gasteiger partial charge in [0.05, 0.1) is 23.8 Å². The number of hydrogen-bond acceptors (Lipinski definition) is 12. The number of nitrogens with zero attached hydrogens (tertiary/aromatic N) is 1. The largest absolute Gasteiger partial charge is 0.495 e. The molecule has 6 N–H and O–H groups in total. The summed E-state index contributed by atoms with van der Waals surface area (Å²) in [7, 11) is 9.30. The third-order valence-corrected chi connectivity index (χ3v) is 12.9. The fourth-order valence-corrected chi connectivity index (χ4v) is 8.36. The Bertz CT molecular complexity index is 1600. The first-order valence-electron chi connectivity index (χ1n) is 19.6. The van der Waals surface area contributed by atoms with Crippen LogP contribution in [0.1, 0.15) is 92.1 Å². The molecule has 334 valence electrons. The zero-order valence-corrected chi connectivity index (χ0v) is 38.4. The van der Waals surface area contributed by atoms with Gasteiger partial charge in [0, 0.05) is 64.3 Å². The lowest BCUT2D eigenvalue weighted by molar-refractivity contribution is -0.148. The SMILES string of the molecule is CC.CC(CCC(N)=O)SSCCC(=O)N(C)[C@@H](C)C(=O)O.CNC(=O)CC[C@]1(C)O[C@H]1C[C@@H]1C[C@](O)([C@@H](/C=C/C=C(\C)Cc2ccc(Cl)c(OC)c2)OC)NC(=O)O1. The number of likely N-dealkylation sites (N-methyl/N-ethyl adjacent to an activating group) is 1. The molecular weight excluding hydrogens is 824 g/mol. The van der Waals surface area contributed by atoms with Gasteiger partial charge in [-0.2, -0.15) is 0 Å². The summed E-state index contributed by atoms with van der Waals surface area (Å²) in [5.41, 5.74) is 5.09. The van der Waals surface area contributed by atoms with Crippen molar-refractivity contribution in [2.45, 2.75) is 134 Å². The number of ether oxygens (including phenoxy) is 4. The predicted molar refractivity (Wildman–Crippen MR) is 233 cm³/mol. The highest BCUT2D eigenvalue weighted by Crippen LogP contribution is 2.44. The first kappa shape index (κ1) is 53.5. The molecule has 2 heterocycles. The molecule has 0 radical (unpaired) electrons. The van der Waals surface area contributed by atoms with Crippen molar-refractivity contribution in [3.63, 3.8) is 0 Å². The molecule has 4 amide bonds. The number of carboxylic acids is 1. The summed E-state index contributed by atoms with van der Waals surface area (Å²) in [6, 6.07) is 4.83. The lowest BCUT2D eigenvalue weighted by Crippen LogP contribution is -2.62. The maximum atomic E-state index is 12.3. The van der Waals surface area contributed by atoms with Gasteiger partial charge in [0.15, 0.2) is 5.72 Å². The van der Waals surface area contributed by atoms with Crippen LogP contribution in [-0.4, -0.2) is 120 Å². The van der Waals surface area contributed by atoms with E-state index < -0.39 is 41.6 Å². The van der Waals surface area contributed by atoms with Gasteiger partial charge >= 0.3 is 12.1 Å². The minimum absolute atomic E-state index is 0.0509. The highest BCUT2D eigenvalue weighted by atomic mass is 35.5. The Morgan fingerprint density at radius 2 is 1.86 bits per heavy atom. The molecule has 0 aromatic heterocycles. The summed E-state index contributed by atoms with van der Waals surface area (Å²) < 4.78 is 22.0. The number of benzene rings is 1. The number of nitrogens with one attached hydrogen (secondary N) is 2. The summed E-state index contributed by atoms with van der Waals surface area (Å²) in [5, 5.41) is 26.1. The molecule has 0 saturated carbocycles. The van der Waals surface area contributed by atoms with Crippen LogP contribution in [0.5, 0.6) is 5.75 Å². The number of alkyl carbamates (subject to hydrolysis) is 1. The maximum Gasteiger partial charge on any atom is 0.409 e. The van der Waals surface area contributed by atoms with Crippen molar-refractivity contribution in [3.8, 4) is 5.75 Å². The van der Waals surface area contributed by atoms with Crippen LogP contribution >= 0.6 is 33.2 Å². The number of halogens is 1. The molecule has 1 aromatic rings. The predicted octanol–water partition coefficient (Wildman–Crippen LogP) is 6.04. The van der Waals surface area contributed by atoms with Gasteiger partial charge < -0.3 is 45.1 Å². The number of aliphatic hydroxyl groups is 1. The Labute approximate surface area is 362 Å². The molecule has 3 rings (SSSR count). The van der Waals surface area contributed by atoms with E-state index in [4.69, 9.17) is 41.4 Å². The minimum atomic E-state index is -1.65. The molecule has 7 atom stereocenters. The Kier molecular flexibility index (Phi) is 24.2. The van der Waals surface area contributed by atoms with Gasteiger partial charge in [-0.3, -0.25) is 19.7 Å². The van der Waals surface area contributed by atoms with Crippen molar-refractivity contribution >= 4 is 63.0 Å². The Hall–Kier alpha value is -3.48. The number of methoxy groups -OCH3 is 2. The molecule has 0 spiro atoms. The summed E-state index contributed by atoms with van der Waals surface area (Å²) >= 11 is 6.10. The number of epoxide rings is 1. The van der Waals surface area contributed by atoms with Crippen LogP contribution in [-0.2, 0) is 39.8 Å². The maximum absolute atomic E-state index is 12.3. The molecule has 1 unspecified atom stereocenters. The Balaban J connectivity index is 0.000000672. The molecule has 59 heavy (non-hydrogen) atoms. The number of carbonyl (C=O) groups excluding carboxylic acids is 4. The number of carboxylic acid groups (broad SMARTS) is 1. The summed E-state index contributed by atoms with van der Waals surface area (Å²) in [4.78, 5) is 58.2. The summed E-state index contributed by atoms with van der Waals surface area (Å²) in [6.45, 7) is 11.4. The number of rotatable bonds is 22. The van der Waals surface area contributed by atoms with E-state index in [0.29, 0.717) is 60.3 Å². The number of amides is 4. The van der Waals surface area contributed by atoms with E-state index in [1.165, 1.54) is 26.0 Å². The Morgan fingerprint density at radius 1 is 1.19 bits per heavy atom. The fourth-order valence-electron chi connectivity index (χ4n) is 5.84. The van der Waals surface area contributed by atoms with Crippen molar-refractivity contribution in [1.82, 2.24) is 15.5 Å². The average molecular weight is 890 g/mol. The first-order chi connectivity index (χ1) is 27.8. The number of allylic oxidation sites excluding steroid dienone is 3. The van der Waals surface area contributed by atoms with Crippen LogP contribution < -0.4 is 21.1 Å². The van der Waals surface area contributed by atoms with Crippen LogP contribution in [0.25, 0.3) is 0 Å². The van der Waals surface area contributed by atoms with Gasteiger partial charge in [0.2, 0.25) is 17.7 Å². The molecule has 2 aliphatic heterocycles. The van der Waals surface area contributed by atoms with Crippen LogP contribution in [0, 0.1) is 0 Å². The molecule has 2 aliphatic rings. The van der Waals surface area contributed by atoms with E-state index in [0.717, 1.165) is 17.6 Å². The van der Waals surface area contributed by atoms with Gasteiger partial charge in [0.1, 0.15) is 24.0 Å². The van der Waals surface area contributed by atoms with E-state index in [1.807, 2.05) is 52.8 Å². The summed E-state index contributed by atoms with van der Waals surface area (Å²) in [6.07, 6.45) is 6.72. The molecule has 2 saturated heterocycles. The second-order valence-electron chi connectivity index (χ2n) is 14.3. The van der Waals surface area contributed by atoms with Gasteiger partial charge in [0.25, 0.3) is 0 Å². The highest BCUT2D eigenvalue weighted by molar-refractivity contribution is 8.76. The quantitative estimate of drug-likeness (QED) is 0.0389. The normalized spacial score (nSPS) is 22.5.